The monoisotopic (exact) mass is 661 g/mol. The quantitative estimate of drug-likeness (QED) is 0.110. The van der Waals surface area contributed by atoms with Crippen LogP contribution in [0.4, 0.5) is 0 Å². The summed E-state index contributed by atoms with van der Waals surface area (Å²) in [4.78, 5) is 17.1. The molecule has 0 fully saturated rings. The van der Waals surface area contributed by atoms with Gasteiger partial charge in [-0.2, -0.15) is 0 Å². The van der Waals surface area contributed by atoms with Crippen LogP contribution in [0.15, 0.2) is 72.8 Å². The van der Waals surface area contributed by atoms with Crippen LogP contribution in [-0.2, 0) is 9.63 Å². The third-order valence-corrected chi connectivity index (χ3v) is 18.2. The van der Waals surface area contributed by atoms with E-state index in [0.717, 1.165) is 45.2 Å². The molecule has 1 amide bonds. The first kappa shape index (κ1) is 37.1. The molecule has 0 saturated heterocycles. The minimum absolute atomic E-state index is 0.106. The Bertz CT molecular complexity index is 1480. The highest BCUT2D eigenvalue weighted by molar-refractivity contribution is 6.75. The Morgan fingerprint density at radius 2 is 1.02 bits per heavy atom. The zero-order valence-corrected chi connectivity index (χ0v) is 32.3. The summed E-state index contributed by atoms with van der Waals surface area (Å²) >= 11 is 0. The molecule has 0 aliphatic heterocycles. The molecular formula is C38H55NO5Si2. The summed E-state index contributed by atoms with van der Waals surface area (Å²) in [6.07, 6.45) is 0.829. The first-order valence-corrected chi connectivity index (χ1v) is 22.0. The smallest absolute Gasteiger partial charge is 0.283 e. The molecule has 8 heteroatoms. The van der Waals surface area contributed by atoms with E-state index in [2.05, 4.69) is 135 Å². The number of benzene rings is 3. The molecular weight excluding hydrogens is 607 g/mol. The third-order valence-electron chi connectivity index (χ3n) is 9.49. The molecule has 3 aromatic rings. The maximum absolute atomic E-state index is 12.2. The maximum Gasteiger partial charge on any atom is 0.283 e. The molecule has 250 valence electrons. The lowest BCUT2D eigenvalue weighted by Gasteiger charge is -2.36. The molecule has 46 heavy (non-hydrogen) atoms. The second kappa shape index (κ2) is 14.6. The van der Waals surface area contributed by atoms with Gasteiger partial charge in [0.05, 0.1) is 7.11 Å². The average molecular weight is 662 g/mol. The molecule has 0 spiro atoms. The number of carbonyl (C=O) groups is 1. The van der Waals surface area contributed by atoms with Crippen molar-refractivity contribution in [2.24, 2.45) is 0 Å². The van der Waals surface area contributed by atoms with E-state index in [-0.39, 0.29) is 22.6 Å². The Labute approximate surface area is 279 Å². The Kier molecular flexibility index (Phi) is 11.8. The minimum atomic E-state index is -1.97. The lowest BCUT2D eigenvalue weighted by molar-refractivity contribution is -0.170. The van der Waals surface area contributed by atoms with Crippen molar-refractivity contribution in [1.82, 2.24) is 5.06 Å². The predicted molar refractivity (Wildman–Crippen MR) is 196 cm³/mol. The molecule has 0 radical (unpaired) electrons. The van der Waals surface area contributed by atoms with Gasteiger partial charge in [-0.3, -0.25) is 9.63 Å². The topological polar surface area (TPSA) is 57.2 Å². The SMILES string of the molecule is CC/C(=C(/c1ccc(OCC(=O)N(C)OC)cc1)c1ccc(O[Si](C)(C)C(C)(C)C)cc1)c1ccc(O[Si](C)(C)C(C)(C)C)cc1. The summed E-state index contributed by atoms with van der Waals surface area (Å²) in [5, 5.41) is 1.39. The van der Waals surface area contributed by atoms with Crippen molar-refractivity contribution in [2.75, 3.05) is 20.8 Å². The van der Waals surface area contributed by atoms with Crippen LogP contribution >= 0.6 is 0 Å². The van der Waals surface area contributed by atoms with Gasteiger partial charge in [0.25, 0.3) is 5.91 Å². The number of allylic oxidation sites excluding steroid dienone is 1. The van der Waals surface area contributed by atoms with E-state index >= 15 is 0 Å². The van der Waals surface area contributed by atoms with Gasteiger partial charge in [0.2, 0.25) is 16.6 Å². The Hall–Kier alpha value is -3.34. The zero-order chi connectivity index (χ0) is 34.5. The molecule has 0 aliphatic carbocycles. The molecule has 0 aromatic heterocycles. The minimum Gasteiger partial charge on any atom is -0.544 e. The summed E-state index contributed by atoms with van der Waals surface area (Å²) in [6.45, 7) is 24.7. The van der Waals surface area contributed by atoms with Crippen LogP contribution < -0.4 is 13.6 Å². The van der Waals surface area contributed by atoms with E-state index in [9.17, 15) is 4.79 Å². The van der Waals surface area contributed by atoms with Gasteiger partial charge in [-0.15, -0.1) is 0 Å². The van der Waals surface area contributed by atoms with Gasteiger partial charge >= 0.3 is 0 Å². The van der Waals surface area contributed by atoms with Crippen LogP contribution in [0.3, 0.4) is 0 Å². The van der Waals surface area contributed by atoms with Crippen molar-refractivity contribution in [1.29, 1.82) is 0 Å². The summed E-state index contributed by atoms with van der Waals surface area (Å²) in [6, 6.07) is 25.0. The van der Waals surface area contributed by atoms with Crippen molar-refractivity contribution in [3.05, 3.63) is 89.5 Å². The standard InChI is InChI=1S/C38H55NO5Si2/c1-14-34(28-15-23-32(24-16-28)43-45(10,11)37(2,3)4)36(29-17-21-31(22-18-29)42-27-35(40)39(8)41-9)30-19-25-33(26-20-30)44-46(12,13)38(5,6)7/h15-26H,14,27H2,1-13H3/b36-34+. The Morgan fingerprint density at radius 1 is 0.652 bits per heavy atom. The normalized spacial score (nSPS) is 13.2. The van der Waals surface area contributed by atoms with E-state index in [1.54, 1.807) is 7.05 Å². The van der Waals surface area contributed by atoms with Crippen molar-refractivity contribution in [3.8, 4) is 17.2 Å². The number of rotatable bonds is 12. The number of ether oxygens (including phenoxy) is 1. The lowest BCUT2D eigenvalue weighted by atomic mass is 9.88. The summed E-state index contributed by atoms with van der Waals surface area (Å²) in [5.74, 6) is 2.16. The molecule has 0 heterocycles. The third kappa shape index (κ3) is 9.14. The number of likely N-dealkylation sites (N-methyl/N-ethyl adjacent to an activating group) is 1. The first-order valence-electron chi connectivity index (χ1n) is 16.2. The lowest BCUT2D eigenvalue weighted by Crippen LogP contribution is -2.43. The maximum atomic E-state index is 12.2. The summed E-state index contributed by atoms with van der Waals surface area (Å²) in [7, 11) is -0.911. The number of carbonyl (C=O) groups excluding carboxylic acids is 1. The molecule has 0 unspecified atom stereocenters. The van der Waals surface area contributed by atoms with Gasteiger partial charge < -0.3 is 13.6 Å². The largest absolute Gasteiger partial charge is 0.544 e. The first-order chi connectivity index (χ1) is 21.3. The molecule has 0 bridgehead atoms. The molecule has 3 rings (SSSR count). The van der Waals surface area contributed by atoms with Crippen molar-refractivity contribution >= 4 is 33.7 Å². The van der Waals surface area contributed by atoms with Gasteiger partial charge in [0, 0.05) is 7.05 Å². The van der Waals surface area contributed by atoms with E-state index in [1.165, 1.54) is 12.7 Å². The predicted octanol–water partition coefficient (Wildman–Crippen LogP) is 10.2. The van der Waals surface area contributed by atoms with Gasteiger partial charge in [-0.25, -0.2) is 5.06 Å². The fraction of sp³-hybridized carbons (Fsp3) is 0.447. The molecule has 3 aromatic carbocycles. The molecule has 0 saturated carbocycles. The average Bonchev–Trinajstić information content (AvgIpc) is 2.98. The number of hydrogen-bond donors (Lipinski definition) is 0. The molecule has 6 nitrogen and oxygen atoms in total. The van der Waals surface area contributed by atoms with Crippen LogP contribution in [0, 0.1) is 0 Å². The second-order valence-electron chi connectivity index (χ2n) is 14.9. The molecule has 0 N–H and O–H groups in total. The second-order valence-corrected chi connectivity index (χ2v) is 24.3. The highest BCUT2D eigenvalue weighted by atomic mass is 28.4. The Morgan fingerprint density at radius 3 is 1.37 bits per heavy atom. The van der Waals surface area contributed by atoms with Crippen molar-refractivity contribution in [3.63, 3.8) is 0 Å². The van der Waals surface area contributed by atoms with Gasteiger partial charge in [-0.05, 0) is 107 Å². The number of nitrogens with zero attached hydrogens (tertiary/aromatic N) is 1. The molecule has 0 aliphatic rings. The van der Waals surface area contributed by atoms with E-state index in [0.29, 0.717) is 5.75 Å². The Balaban J connectivity index is 2.05. The fourth-order valence-corrected chi connectivity index (χ4v) is 6.47. The van der Waals surface area contributed by atoms with Gasteiger partial charge in [-0.1, -0.05) is 84.9 Å². The van der Waals surface area contributed by atoms with Crippen LogP contribution in [0.25, 0.3) is 11.1 Å². The van der Waals surface area contributed by atoms with Crippen LogP contribution in [0.1, 0.15) is 71.6 Å². The van der Waals surface area contributed by atoms with Crippen molar-refractivity contribution < 1.29 is 23.2 Å². The van der Waals surface area contributed by atoms with Crippen LogP contribution in [-0.4, -0.2) is 48.4 Å². The highest BCUT2D eigenvalue weighted by Gasteiger charge is 2.39. The van der Waals surface area contributed by atoms with E-state index < -0.39 is 16.6 Å². The van der Waals surface area contributed by atoms with Gasteiger partial charge in [0.1, 0.15) is 17.2 Å². The van der Waals surface area contributed by atoms with Crippen LogP contribution in [0.5, 0.6) is 17.2 Å². The number of hydroxylamine groups is 2. The number of amides is 1. The highest BCUT2D eigenvalue weighted by Crippen LogP contribution is 2.40. The van der Waals surface area contributed by atoms with E-state index in [4.69, 9.17) is 18.4 Å². The molecule has 0 atom stereocenters. The fourth-order valence-electron chi connectivity index (χ4n) is 4.41. The van der Waals surface area contributed by atoms with E-state index in [1.807, 2.05) is 12.1 Å². The summed E-state index contributed by atoms with van der Waals surface area (Å²) in [5.41, 5.74) is 5.68. The van der Waals surface area contributed by atoms with Crippen LogP contribution in [0.2, 0.25) is 36.3 Å². The summed E-state index contributed by atoms with van der Waals surface area (Å²) < 4.78 is 18.9. The van der Waals surface area contributed by atoms with Crippen molar-refractivity contribution in [2.45, 2.75) is 91.2 Å². The number of hydrogen-bond acceptors (Lipinski definition) is 5. The van der Waals surface area contributed by atoms with Gasteiger partial charge in [0.15, 0.2) is 6.61 Å². The zero-order valence-electron chi connectivity index (χ0n) is 30.3.